The van der Waals surface area contributed by atoms with E-state index in [9.17, 15) is 13.6 Å². The fourth-order valence-electron chi connectivity index (χ4n) is 1.60. The van der Waals surface area contributed by atoms with Crippen LogP contribution >= 0.6 is 0 Å². The van der Waals surface area contributed by atoms with Crippen LogP contribution < -0.4 is 5.56 Å². The number of hydrogen-bond donors (Lipinski definition) is 2. The number of nitrogens with zero attached hydrogens (tertiary/aromatic N) is 4. The van der Waals surface area contributed by atoms with Crippen LogP contribution in [-0.4, -0.2) is 29.7 Å². The van der Waals surface area contributed by atoms with Crippen LogP contribution in [0.1, 0.15) is 12.1 Å². The zero-order valence-corrected chi connectivity index (χ0v) is 8.76. The van der Waals surface area contributed by atoms with E-state index < -0.39 is 17.7 Å². The number of aromatic nitrogens is 6. The molecule has 3 heterocycles. The average molecular weight is 252 g/mol. The van der Waals surface area contributed by atoms with E-state index in [-0.39, 0.29) is 5.82 Å². The maximum absolute atomic E-state index is 12.5. The van der Waals surface area contributed by atoms with Gasteiger partial charge in [0.1, 0.15) is 17.5 Å². The van der Waals surface area contributed by atoms with Crippen LogP contribution in [0.4, 0.5) is 8.78 Å². The molecule has 0 aliphatic rings. The van der Waals surface area contributed by atoms with Crippen molar-refractivity contribution < 1.29 is 8.78 Å². The Morgan fingerprint density at radius 3 is 2.83 bits per heavy atom. The zero-order chi connectivity index (χ0) is 12.7. The molecule has 0 spiro atoms. The SMILES string of the molecule is O=c1cc(C(F)F)[nH]n1-c1ncnc2nc[nH]c12. The zero-order valence-electron chi connectivity index (χ0n) is 8.76. The van der Waals surface area contributed by atoms with Crippen molar-refractivity contribution in [2.45, 2.75) is 6.43 Å². The summed E-state index contributed by atoms with van der Waals surface area (Å²) < 4.78 is 25.9. The number of imidazole rings is 1. The summed E-state index contributed by atoms with van der Waals surface area (Å²) in [6.07, 6.45) is -0.170. The molecule has 0 saturated carbocycles. The first kappa shape index (κ1) is 10.6. The smallest absolute Gasteiger partial charge is 0.279 e. The number of alkyl halides is 2. The second-order valence-electron chi connectivity index (χ2n) is 3.48. The number of rotatable bonds is 2. The summed E-state index contributed by atoms with van der Waals surface area (Å²) in [6.45, 7) is 0. The molecule has 0 unspecified atom stereocenters. The number of hydrogen-bond acceptors (Lipinski definition) is 4. The Hall–Kier alpha value is -2.58. The van der Waals surface area contributed by atoms with Gasteiger partial charge in [-0.3, -0.25) is 9.89 Å². The molecule has 0 radical (unpaired) electrons. The van der Waals surface area contributed by atoms with Crippen LogP contribution in [0.5, 0.6) is 0 Å². The fourth-order valence-corrected chi connectivity index (χ4v) is 1.60. The largest absolute Gasteiger partial charge is 0.340 e. The van der Waals surface area contributed by atoms with Crippen molar-refractivity contribution in [3.05, 3.63) is 34.8 Å². The molecule has 0 aliphatic carbocycles. The normalized spacial score (nSPS) is 11.5. The molecule has 0 atom stereocenters. The highest BCUT2D eigenvalue weighted by atomic mass is 19.3. The monoisotopic (exact) mass is 252 g/mol. The molecule has 3 rings (SSSR count). The topological polar surface area (TPSA) is 92.2 Å². The maximum Gasteiger partial charge on any atom is 0.279 e. The highest BCUT2D eigenvalue weighted by Gasteiger charge is 2.16. The fraction of sp³-hybridized carbons (Fsp3) is 0.111. The van der Waals surface area contributed by atoms with Crippen molar-refractivity contribution in [2.75, 3.05) is 0 Å². The van der Waals surface area contributed by atoms with Crippen LogP contribution in [0.25, 0.3) is 17.0 Å². The third kappa shape index (κ3) is 1.48. The van der Waals surface area contributed by atoms with E-state index in [0.29, 0.717) is 11.2 Å². The summed E-state index contributed by atoms with van der Waals surface area (Å²) in [7, 11) is 0. The molecule has 7 nitrogen and oxygen atoms in total. The summed E-state index contributed by atoms with van der Waals surface area (Å²) in [6, 6.07) is 0.828. The molecule has 0 aromatic carbocycles. The molecule has 9 heteroatoms. The molecule has 3 aromatic heterocycles. The standard InChI is InChI=1S/C9H6F2N6O/c10-7(11)4-1-5(18)17(16-4)9-6-8(13-2-12-6)14-3-15-9/h1-3,7,16H,(H,12,13,14,15). The Balaban J connectivity index is 2.26. The van der Waals surface area contributed by atoms with E-state index in [1.807, 2.05) is 0 Å². The van der Waals surface area contributed by atoms with Gasteiger partial charge >= 0.3 is 0 Å². The Bertz CT molecular complexity index is 758. The molecule has 0 fully saturated rings. The van der Waals surface area contributed by atoms with Crippen LogP contribution in [-0.2, 0) is 0 Å². The van der Waals surface area contributed by atoms with Gasteiger partial charge in [0.25, 0.3) is 12.0 Å². The van der Waals surface area contributed by atoms with Gasteiger partial charge in [-0.1, -0.05) is 0 Å². The lowest BCUT2D eigenvalue weighted by Gasteiger charge is -2.01. The number of nitrogens with one attached hydrogen (secondary N) is 2. The summed E-state index contributed by atoms with van der Waals surface area (Å²) in [5.74, 6) is 0.148. The Morgan fingerprint density at radius 2 is 2.11 bits per heavy atom. The van der Waals surface area contributed by atoms with Crippen molar-refractivity contribution in [3.63, 3.8) is 0 Å². The molecule has 2 N–H and O–H groups in total. The van der Waals surface area contributed by atoms with Crippen molar-refractivity contribution in [1.82, 2.24) is 29.7 Å². The van der Waals surface area contributed by atoms with E-state index in [0.717, 1.165) is 10.7 Å². The van der Waals surface area contributed by atoms with Gasteiger partial charge in [-0.2, -0.15) is 4.68 Å². The van der Waals surface area contributed by atoms with E-state index in [2.05, 4.69) is 25.0 Å². The lowest BCUT2D eigenvalue weighted by atomic mass is 10.4. The minimum atomic E-state index is -2.75. The van der Waals surface area contributed by atoms with E-state index in [1.165, 1.54) is 12.7 Å². The highest BCUT2D eigenvalue weighted by molar-refractivity contribution is 5.77. The van der Waals surface area contributed by atoms with Crippen molar-refractivity contribution in [2.24, 2.45) is 0 Å². The van der Waals surface area contributed by atoms with Crippen molar-refractivity contribution >= 4 is 11.2 Å². The number of halogens is 2. The molecule has 0 aliphatic heterocycles. The van der Waals surface area contributed by atoms with Crippen molar-refractivity contribution in [3.8, 4) is 5.82 Å². The Labute approximate surface area is 97.5 Å². The summed E-state index contributed by atoms with van der Waals surface area (Å²) in [5.41, 5.74) is -0.353. The highest BCUT2D eigenvalue weighted by Crippen LogP contribution is 2.16. The van der Waals surface area contributed by atoms with Crippen molar-refractivity contribution in [1.29, 1.82) is 0 Å². The molecule has 0 bridgehead atoms. The number of aromatic amines is 2. The second-order valence-corrected chi connectivity index (χ2v) is 3.48. The van der Waals surface area contributed by atoms with Gasteiger partial charge < -0.3 is 4.98 Å². The lowest BCUT2D eigenvalue weighted by Crippen LogP contribution is -2.15. The van der Waals surface area contributed by atoms with Gasteiger partial charge in [0.15, 0.2) is 11.5 Å². The van der Waals surface area contributed by atoms with Gasteiger partial charge in [-0.05, 0) is 0 Å². The predicted molar refractivity (Wildman–Crippen MR) is 56.6 cm³/mol. The summed E-state index contributed by atoms with van der Waals surface area (Å²) in [4.78, 5) is 26.0. The number of H-pyrrole nitrogens is 2. The predicted octanol–water partition coefficient (Wildman–Crippen LogP) is 0.769. The maximum atomic E-state index is 12.5. The first-order valence-electron chi connectivity index (χ1n) is 4.91. The molecule has 0 saturated heterocycles. The van der Waals surface area contributed by atoms with Crippen LogP contribution in [0.3, 0.4) is 0 Å². The minimum absolute atomic E-state index is 0.148. The molecule has 3 aromatic rings. The third-order valence-corrected chi connectivity index (χ3v) is 2.39. The second kappa shape index (κ2) is 3.72. The van der Waals surface area contributed by atoms with Gasteiger partial charge in [0.2, 0.25) is 0 Å². The number of fused-ring (bicyclic) bond motifs is 1. The first-order chi connectivity index (χ1) is 8.66. The van der Waals surface area contributed by atoms with Gasteiger partial charge in [0.05, 0.1) is 6.33 Å². The average Bonchev–Trinajstić information content (AvgIpc) is 2.94. The summed E-state index contributed by atoms with van der Waals surface area (Å²) in [5, 5.41) is 2.30. The van der Waals surface area contributed by atoms with E-state index in [4.69, 9.17) is 0 Å². The molecule has 18 heavy (non-hydrogen) atoms. The van der Waals surface area contributed by atoms with Gasteiger partial charge in [-0.15, -0.1) is 0 Å². The quantitative estimate of drug-likeness (QED) is 0.704. The van der Waals surface area contributed by atoms with Crippen LogP contribution in [0, 0.1) is 0 Å². The van der Waals surface area contributed by atoms with Gasteiger partial charge in [0, 0.05) is 6.07 Å². The van der Waals surface area contributed by atoms with E-state index in [1.54, 1.807) is 0 Å². The lowest BCUT2D eigenvalue weighted by molar-refractivity contribution is 0.145. The van der Waals surface area contributed by atoms with Crippen LogP contribution in [0.2, 0.25) is 0 Å². The Morgan fingerprint density at radius 1 is 1.28 bits per heavy atom. The molecule has 92 valence electrons. The third-order valence-electron chi connectivity index (χ3n) is 2.39. The molecular formula is C9H6F2N6O. The summed E-state index contributed by atoms with van der Waals surface area (Å²) >= 11 is 0. The molecule has 0 amide bonds. The first-order valence-corrected chi connectivity index (χ1v) is 4.91. The minimum Gasteiger partial charge on any atom is -0.340 e. The van der Waals surface area contributed by atoms with E-state index >= 15 is 0 Å². The molecular weight excluding hydrogens is 246 g/mol. The Kier molecular flexibility index (Phi) is 2.18. The van der Waals surface area contributed by atoms with Gasteiger partial charge in [-0.25, -0.2) is 23.7 Å². The van der Waals surface area contributed by atoms with Crippen LogP contribution in [0.15, 0.2) is 23.5 Å².